The van der Waals surface area contributed by atoms with E-state index in [1.54, 1.807) is 0 Å². The van der Waals surface area contributed by atoms with Gasteiger partial charge in [0.25, 0.3) is 0 Å². The second-order valence-corrected chi connectivity index (χ2v) is 6.25. The molecule has 1 unspecified atom stereocenters. The van der Waals surface area contributed by atoms with Crippen LogP contribution in [0.3, 0.4) is 0 Å². The van der Waals surface area contributed by atoms with Gasteiger partial charge in [0, 0.05) is 5.69 Å². The predicted octanol–water partition coefficient (Wildman–Crippen LogP) is 3.42. The first-order valence-corrected chi connectivity index (χ1v) is 7.86. The average Bonchev–Trinajstić information content (AvgIpc) is 2.78. The second-order valence-electron chi connectivity index (χ2n) is 6.25. The van der Waals surface area contributed by atoms with Gasteiger partial charge < -0.3 is 9.67 Å². The lowest BCUT2D eigenvalue weighted by atomic mass is 9.99. The fourth-order valence-electron chi connectivity index (χ4n) is 3.37. The highest BCUT2D eigenvalue weighted by molar-refractivity contribution is 5.32. The number of aliphatic hydroxyl groups excluding tert-OH is 1. The van der Waals surface area contributed by atoms with Gasteiger partial charge in [0.2, 0.25) is 0 Å². The van der Waals surface area contributed by atoms with E-state index in [0.717, 1.165) is 29.8 Å². The third kappa shape index (κ3) is 2.75. The summed E-state index contributed by atoms with van der Waals surface area (Å²) in [6.45, 7) is 6.79. The number of aromatic nitrogens is 2. The van der Waals surface area contributed by atoms with Crippen LogP contribution >= 0.6 is 0 Å². The minimum absolute atomic E-state index is 0.469. The van der Waals surface area contributed by atoms with Crippen LogP contribution in [0.2, 0.25) is 0 Å². The fourth-order valence-corrected chi connectivity index (χ4v) is 3.37. The molecule has 1 aromatic carbocycles. The maximum absolute atomic E-state index is 10.7. The van der Waals surface area contributed by atoms with Crippen molar-refractivity contribution in [2.75, 3.05) is 0 Å². The van der Waals surface area contributed by atoms with E-state index >= 15 is 0 Å². The summed E-state index contributed by atoms with van der Waals surface area (Å²) in [7, 11) is 0. The van der Waals surface area contributed by atoms with Gasteiger partial charge in [0.05, 0.1) is 18.3 Å². The van der Waals surface area contributed by atoms with Gasteiger partial charge in [-0.15, -0.1) is 0 Å². The molecule has 3 heteroatoms. The normalized spacial score (nSPS) is 15.8. The van der Waals surface area contributed by atoms with E-state index in [2.05, 4.69) is 41.6 Å². The molecule has 0 spiro atoms. The van der Waals surface area contributed by atoms with Crippen molar-refractivity contribution in [1.29, 1.82) is 0 Å². The van der Waals surface area contributed by atoms with E-state index in [1.165, 1.54) is 29.8 Å². The van der Waals surface area contributed by atoms with E-state index in [9.17, 15) is 5.11 Å². The zero-order chi connectivity index (χ0) is 15.0. The molecule has 112 valence electrons. The summed E-state index contributed by atoms with van der Waals surface area (Å²) in [6, 6.07) is 6.28. The summed E-state index contributed by atoms with van der Waals surface area (Å²) in [4.78, 5) is 4.69. The van der Waals surface area contributed by atoms with E-state index in [0.29, 0.717) is 6.54 Å². The largest absolute Gasteiger partial charge is 0.387 e. The number of imidazole rings is 1. The van der Waals surface area contributed by atoms with Gasteiger partial charge in [0.15, 0.2) is 0 Å². The Bertz CT molecular complexity index is 657. The van der Waals surface area contributed by atoms with Crippen molar-refractivity contribution in [2.45, 2.75) is 59.1 Å². The highest BCUT2D eigenvalue weighted by atomic mass is 16.3. The first-order chi connectivity index (χ1) is 10.1. The van der Waals surface area contributed by atoms with Crippen LogP contribution in [-0.2, 0) is 19.4 Å². The number of hydrogen-bond acceptors (Lipinski definition) is 2. The Morgan fingerprint density at radius 2 is 1.95 bits per heavy atom. The predicted molar refractivity (Wildman–Crippen MR) is 84.5 cm³/mol. The van der Waals surface area contributed by atoms with E-state index in [1.807, 2.05) is 6.92 Å². The number of hydrogen-bond donors (Lipinski definition) is 1. The lowest BCUT2D eigenvalue weighted by Crippen LogP contribution is -2.15. The third-order valence-electron chi connectivity index (χ3n) is 4.57. The van der Waals surface area contributed by atoms with Gasteiger partial charge in [-0.1, -0.05) is 23.8 Å². The quantitative estimate of drug-likeness (QED) is 0.938. The maximum atomic E-state index is 10.7. The van der Waals surface area contributed by atoms with Gasteiger partial charge in [-0.3, -0.25) is 0 Å². The highest BCUT2D eigenvalue weighted by Gasteiger charge is 2.20. The molecule has 1 aliphatic carbocycles. The molecule has 1 heterocycles. The van der Waals surface area contributed by atoms with Gasteiger partial charge in [-0.05, 0) is 57.6 Å². The van der Waals surface area contributed by atoms with Crippen LogP contribution in [0.4, 0.5) is 0 Å². The number of aryl methyl sites for hydroxylation is 4. The molecular formula is C18H24N2O. The van der Waals surface area contributed by atoms with Crippen LogP contribution in [0.25, 0.3) is 0 Å². The van der Waals surface area contributed by atoms with E-state index in [-0.39, 0.29) is 0 Å². The maximum Gasteiger partial charge on any atom is 0.106 e. The Morgan fingerprint density at radius 1 is 1.19 bits per heavy atom. The summed E-state index contributed by atoms with van der Waals surface area (Å²) < 4.78 is 2.22. The zero-order valence-electron chi connectivity index (χ0n) is 13.2. The summed E-state index contributed by atoms with van der Waals surface area (Å²) in [6.07, 6.45) is 4.18. The molecule has 1 N–H and O–H groups in total. The molecule has 0 aliphatic heterocycles. The molecule has 0 bridgehead atoms. The van der Waals surface area contributed by atoms with Crippen LogP contribution in [0.1, 0.15) is 52.8 Å². The Labute approximate surface area is 126 Å². The summed E-state index contributed by atoms with van der Waals surface area (Å²) in [5, 5.41) is 10.7. The standard InChI is InChI=1S/C18H24N2O/c1-12-8-9-13(2)15(10-12)18(21)11-20-14(3)19-16-6-4-5-7-17(16)20/h8-10,18,21H,4-7,11H2,1-3H3. The minimum Gasteiger partial charge on any atom is -0.387 e. The molecule has 21 heavy (non-hydrogen) atoms. The molecule has 0 saturated heterocycles. The van der Waals surface area contributed by atoms with Crippen molar-refractivity contribution in [2.24, 2.45) is 0 Å². The van der Waals surface area contributed by atoms with Crippen molar-refractivity contribution in [3.8, 4) is 0 Å². The Kier molecular flexibility index (Phi) is 3.85. The van der Waals surface area contributed by atoms with Crippen LogP contribution in [0.15, 0.2) is 18.2 Å². The van der Waals surface area contributed by atoms with Crippen molar-refractivity contribution in [3.63, 3.8) is 0 Å². The van der Waals surface area contributed by atoms with Crippen LogP contribution in [0, 0.1) is 20.8 Å². The zero-order valence-corrected chi connectivity index (χ0v) is 13.2. The molecule has 1 aromatic heterocycles. The Morgan fingerprint density at radius 3 is 2.76 bits per heavy atom. The molecule has 3 nitrogen and oxygen atoms in total. The minimum atomic E-state index is -0.469. The van der Waals surface area contributed by atoms with Crippen molar-refractivity contribution in [1.82, 2.24) is 9.55 Å². The molecule has 0 radical (unpaired) electrons. The summed E-state index contributed by atoms with van der Waals surface area (Å²) >= 11 is 0. The van der Waals surface area contributed by atoms with Crippen molar-refractivity contribution < 1.29 is 5.11 Å². The van der Waals surface area contributed by atoms with Gasteiger partial charge in [-0.2, -0.15) is 0 Å². The number of benzene rings is 1. The topological polar surface area (TPSA) is 38.0 Å². The average molecular weight is 284 g/mol. The molecule has 0 saturated carbocycles. The third-order valence-corrected chi connectivity index (χ3v) is 4.57. The SMILES string of the molecule is Cc1ccc(C)c(C(O)Cn2c(C)nc3c2CCCC3)c1. The number of fused-ring (bicyclic) bond motifs is 1. The van der Waals surface area contributed by atoms with E-state index in [4.69, 9.17) is 0 Å². The Hall–Kier alpha value is -1.61. The number of nitrogens with zero attached hydrogens (tertiary/aromatic N) is 2. The van der Waals surface area contributed by atoms with Gasteiger partial charge >= 0.3 is 0 Å². The summed E-state index contributed by atoms with van der Waals surface area (Å²) in [5.74, 6) is 1.03. The van der Waals surface area contributed by atoms with E-state index < -0.39 is 6.10 Å². The Balaban J connectivity index is 1.89. The molecule has 0 amide bonds. The first-order valence-electron chi connectivity index (χ1n) is 7.86. The van der Waals surface area contributed by atoms with Crippen LogP contribution in [0.5, 0.6) is 0 Å². The van der Waals surface area contributed by atoms with Crippen molar-refractivity contribution in [3.05, 3.63) is 52.1 Å². The van der Waals surface area contributed by atoms with Gasteiger partial charge in [-0.25, -0.2) is 4.98 Å². The smallest absolute Gasteiger partial charge is 0.106 e. The summed E-state index contributed by atoms with van der Waals surface area (Å²) in [5.41, 5.74) is 5.96. The number of aliphatic hydroxyl groups is 1. The molecule has 2 aromatic rings. The lowest BCUT2D eigenvalue weighted by Gasteiger charge is -2.19. The monoisotopic (exact) mass is 284 g/mol. The van der Waals surface area contributed by atoms with Crippen LogP contribution in [-0.4, -0.2) is 14.7 Å². The first kappa shape index (κ1) is 14.3. The van der Waals surface area contributed by atoms with Crippen molar-refractivity contribution >= 4 is 0 Å². The number of rotatable bonds is 3. The molecule has 0 fully saturated rings. The second kappa shape index (κ2) is 5.64. The lowest BCUT2D eigenvalue weighted by molar-refractivity contribution is 0.153. The van der Waals surface area contributed by atoms with Gasteiger partial charge in [0.1, 0.15) is 5.82 Å². The molecule has 3 rings (SSSR count). The van der Waals surface area contributed by atoms with Crippen LogP contribution < -0.4 is 0 Å². The highest BCUT2D eigenvalue weighted by Crippen LogP contribution is 2.26. The molecule has 1 aliphatic rings. The fraction of sp³-hybridized carbons (Fsp3) is 0.500. The molecule has 1 atom stereocenters. The molecular weight excluding hydrogens is 260 g/mol.